The highest BCUT2D eigenvalue weighted by Gasteiger charge is 2.18. The standard InChI is InChI=1S/C12H14BrClN4/c1-2-18-11(5-6-16-18)12(17-15)9-4-3-8(14)7-10(9)13/h3-7,12,17H,2,15H2,1H3. The van der Waals surface area contributed by atoms with Gasteiger partial charge in [0.05, 0.1) is 11.7 Å². The number of rotatable bonds is 4. The number of benzene rings is 1. The predicted molar refractivity (Wildman–Crippen MR) is 76.2 cm³/mol. The van der Waals surface area contributed by atoms with Gasteiger partial charge in [-0.3, -0.25) is 10.5 Å². The number of aromatic nitrogens is 2. The molecule has 0 saturated heterocycles. The van der Waals surface area contributed by atoms with Crippen LogP contribution < -0.4 is 11.3 Å². The van der Waals surface area contributed by atoms with Gasteiger partial charge in [-0.05, 0) is 30.7 Å². The Balaban J connectivity index is 2.45. The Morgan fingerprint density at radius 1 is 1.50 bits per heavy atom. The molecular formula is C12H14BrClN4. The number of halogens is 2. The van der Waals surface area contributed by atoms with Crippen molar-refractivity contribution in [2.45, 2.75) is 19.5 Å². The average Bonchev–Trinajstić information content (AvgIpc) is 2.81. The number of aryl methyl sites for hydroxylation is 1. The first-order chi connectivity index (χ1) is 8.67. The van der Waals surface area contributed by atoms with Crippen LogP contribution in [0.4, 0.5) is 0 Å². The minimum absolute atomic E-state index is 0.126. The molecule has 0 saturated carbocycles. The highest BCUT2D eigenvalue weighted by molar-refractivity contribution is 9.10. The fraction of sp³-hybridized carbons (Fsp3) is 0.250. The Bertz CT molecular complexity index is 541. The number of hydrazine groups is 1. The molecule has 4 nitrogen and oxygen atoms in total. The number of hydrogen-bond acceptors (Lipinski definition) is 3. The Hall–Kier alpha value is -0.880. The first-order valence-electron chi connectivity index (χ1n) is 5.60. The third-order valence-electron chi connectivity index (χ3n) is 2.78. The zero-order valence-electron chi connectivity index (χ0n) is 9.90. The summed E-state index contributed by atoms with van der Waals surface area (Å²) >= 11 is 9.46. The van der Waals surface area contributed by atoms with Crippen LogP contribution in [0.3, 0.4) is 0 Å². The van der Waals surface area contributed by atoms with E-state index in [4.69, 9.17) is 17.4 Å². The van der Waals surface area contributed by atoms with Crippen molar-refractivity contribution in [3.63, 3.8) is 0 Å². The smallest absolute Gasteiger partial charge is 0.0889 e. The van der Waals surface area contributed by atoms with Crippen molar-refractivity contribution in [3.8, 4) is 0 Å². The molecule has 1 atom stereocenters. The minimum Gasteiger partial charge on any atom is -0.271 e. The van der Waals surface area contributed by atoms with Gasteiger partial charge in [0, 0.05) is 22.2 Å². The maximum Gasteiger partial charge on any atom is 0.0889 e. The van der Waals surface area contributed by atoms with Crippen LogP contribution in [0.1, 0.15) is 24.2 Å². The molecule has 0 fully saturated rings. The molecule has 1 aromatic heterocycles. The van der Waals surface area contributed by atoms with Crippen LogP contribution in [-0.2, 0) is 6.54 Å². The third kappa shape index (κ3) is 2.59. The van der Waals surface area contributed by atoms with Gasteiger partial charge in [0.15, 0.2) is 0 Å². The summed E-state index contributed by atoms with van der Waals surface area (Å²) in [4.78, 5) is 0. The molecule has 18 heavy (non-hydrogen) atoms. The first kappa shape index (κ1) is 13.5. The molecule has 0 spiro atoms. The fourth-order valence-electron chi connectivity index (χ4n) is 1.92. The largest absolute Gasteiger partial charge is 0.271 e. The SMILES string of the molecule is CCn1nccc1C(NN)c1ccc(Cl)cc1Br. The van der Waals surface area contributed by atoms with Crippen LogP contribution in [0, 0.1) is 0 Å². The second kappa shape index (κ2) is 5.84. The molecule has 0 aliphatic carbocycles. The Labute approximate surface area is 119 Å². The summed E-state index contributed by atoms with van der Waals surface area (Å²) in [5, 5.41) is 4.94. The lowest BCUT2D eigenvalue weighted by Gasteiger charge is -2.19. The molecule has 0 bridgehead atoms. The summed E-state index contributed by atoms with van der Waals surface area (Å²) in [6.07, 6.45) is 1.77. The van der Waals surface area contributed by atoms with Gasteiger partial charge in [0.1, 0.15) is 0 Å². The van der Waals surface area contributed by atoms with E-state index in [2.05, 4.69) is 26.5 Å². The number of nitrogens with one attached hydrogen (secondary N) is 1. The average molecular weight is 330 g/mol. The normalized spacial score (nSPS) is 12.7. The molecular weight excluding hydrogens is 316 g/mol. The van der Waals surface area contributed by atoms with Crippen molar-refractivity contribution in [3.05, 3.63) is 51.2 Å². The van der Waals surface area contributed by atoms with Gasteiger partial charge in [-0.2, -0.15) is 5.10 Å². The predicted octanol–water partition coefficient (Wildman–Crippen LogP) is 2.87. The van der Waals surface area contributed by atoms with Crippen LogP contribution in [0.2, 0.25) is 5.02 Å². The molecule has 1 aromatic carbocycles. The minimum atomic E-state index is -0.126. The van der Waals surface area contributed by atoms with Gasteiger partial charge in [0.2, 0.25) is 0 Å². The van der Waals surface area contributed by atoms with Crippen molar-refractivity contribution in [1.82, 2.24) is 15.2 Å². The summed E-state index contributed by atoms with van der Waals surface area (Å²) in [5.41, 5.74) is 4.86. The van der Waals surface area contributed by atoms with Gasteiger partial charge in [0.25, 0.3) is 0 Å². The van der Waals surface area contributed by atoms with E-state index in [-0.39, 0.29) is 6.04 Å². The van der Waals surface area contributed by atoms with Gasteiger partial charge in [-0.15, -0.1) is 0 Å². The summed E-state index contributed by atoms with van der Waals surface area (Å²) < 4.78 is 2.83. The van der Waals surface area contributed by atoms with Crippen LogP contribution in [0.15, 0.2) is 34.9 Å². The van der Waals surface area contributed by atoms with Crippen LogP contribution in [0.25, 0.3) is 0 Å². The van der Waals surface area contributed by atoms with Crippen molar-refractivity contribution in [2.75, 3.05) is 0 Å². The lowest BCUT2D eigenvalue weighted by molar-refractivity contribution is 0.542. The molecule has 6 heteroatoms. The molecule has 2 aromatic rings. The van der Waals surface area contributed by atoms with E-state index in [1.54, 1.807) is 6.20 Å². The molecule has 1 heterocycles. The second-order valence-electron chi connectivity index (χ2n) is 3.84. The highest BCUT2D eigenvalue weighted by atomic mass is 79.9. The Morgan fingerprint density at radius 3 is 2.89 bits per heavy atom. The molecule has 3 N–H and O–H groups in total. The summed E-state index contributed by atoms with van der Waals surface area (Å²) in [5.74, 6) is 5.68. The van der Waals surface area contributed by atoms with Crippen molar-refractivity contribution in [1.29, 1.82) is 0 Å². The van der Waals surface area contributed by atoms with E-state index in [0.717, 1.165) is 22.3 Å². The molecule has 0 aliphatic rings. The van der Waals surface area contributed by atoms with Crippen molar-refractivity contribution < 1.29 is 0 Å². The lowest BCUT2D eigenvalue weighted by Crippen LogP contribution is -2.31. The Morgan fingerprint density at radius 2 is 2.28 bits per heavy atom. The van der Waals surface area contributed by atoms with E-state index >= 15 is 0 Å². The van der Waals surface area contributed by atoms with E-state index in [1.807, 2.05) is 35.9 Å². The van der Waals surface area contributed by atoms with Gasteiger partial charge in [-0.1, -0.05) is 33.6 Å². The summed E-state index contributed by atoms with van der Waals surface area (Å²) in [7, 11) is 0. The zero-order valence-corrected chi connectivity index (χ0v) is 12.2. The van der Waals surface area contributed by atoms with E-state index < -0.39 is 0 Å². The third-order valence-corrected chi connectivity index (χ3v) is 3.71. The molecule has 1 unspecified atom stereocenters. The molecule has 2 rings (SSSR count). The van der Waals surface area contributed by atoms with E-state index in [1.165, 1.54) is 0 Å². The quantitative estimate of drug-likeness (QED) is 0.670. The van der Waals surface area contributed by atoms with Crippen LogP contribution in [0.5, 0.6) is 0 Å². The molecule has 0 aliphatic heterocycles. The fourth-order valence-corrected chi connectivity index (χ4v) is 2.83. The van der Waals surface area contributed by atoms with Crippen LogP contribution in [-0.4, -0.2) is 9.78 Å². The summed E-state index contributed by atoms with van der Waals surface area (Å²) in [6, 6.07) is 7.48. The monoisotopic (exact) mass is 328 g/mol. The second-order valence-corrected chi connectivity index (χ2v) is 5.13. The highest BCUT2D eigenvalue weighted by Crippen LogP contribution is 2.30. The molecule has 96 valence electrons. The van der Waals surface area contributed by atoms with Gasteiger partial charge >= 0.3 is 0 Å². The number of nitrogens with zero attached hydrogens (tertiary/aromatic N) is 2. The van der Waals surface area contributed by atoms with Crippen molar-refractivity contribution in [2.24, 2.45) is 5.84 Å². The maximum absolute atomic E-state index is 5.95. The van der Waals surface area contributed by atoms with E-state index in [9.17, 15) is 0 Å². The van der Waals surface area contributed by atoms with Gasteiger partial charge in [-0.25, -0.2) is 5.43 Å². The Kier molecular flexibility index (Phi) is 4.40. The molecule has 0 radical (unpaired) electrons. The first-order valence-corrected chi connectivity index (χ1v) is 6.77. The van der Waals surface area contributed by atoms with Crippen molar-refractivity contribution >= 4 is 27.5 Å². The van der Waals surface area contributed by atoms with E-state index in [0.29, 0.717) is 5.02 Å². The van der Waals surface area contributed by atoms with Crippen LogP contribution >= 0.6 is 27.5 Å². The number of hydrogen-bond donors (Lipinski definition) is 2. The molecule has 0 amide bonds. The lowest BCUT2D eigenvalue weighted by atomic mass is 10.0. The zero-order chi connectivity index (χ0) is 13.1. The maximum atomic E-state index is 5.95. The topological polar surface area (TPSA) is 55.9 Å². The summed E-state index contributed by atoms with van der Waals surface area (Å²) in [6.45, 7) is 2.84. The van der Waals surface area contributed by atoms with Gasteiger partial charge < -0.3 is 0 Å². The number of nitrogens with two attached hydrogens (primary N) is 1.